The van der Waals surface area contributed by atoms with Crippen molar-refractivity contribution < 1.29 is 0 Å². The Morgan fingerprint density at radius 2 is 2.31 bits per heavy atom. The van der Waals surface area contributed by atoms with Gasteiger partial charge in [-0.25, -0.2) is 4.98 Å². The number of aromatic nitrogens is 4. The summed E-state index contributed by atoms with van der Waals surface area (Å²) in [5.41, 5.74) is 1.38. The number of aromatic amines is 1. The van der Waals surface area contributed by atoms with Crippen LogP contribution in [0.15, 0.2) is 21.5 Å². The number of aryl methyl sites for hydroxylation is 2. The molecule has 0 saturated carbocycles. The Morgan fingerprint density at radius 1 is 1.56 bits per heavy atom. The molecule has 0 aliphatic carbocycles. The number of halogens is 1. The fourth-order valence-corrected chi connectivity index (χ4v) is 1.94. The smallest absolute Gasteiger partial charge is 0.265 e. The molecule has 0 spiro atoms. The molecule has 0 aliphatic heterocycles. The minimum absolute atomic E-state index is 0.164. The van der Waals surface area contributed by atoms with Crippen LogP contribution in [0.4, 0.5) is 0 Å². The Morgan fingerprint density at radius 3 is 2.88 bits per heavy atom. The van der Waals surface area contributed by atoms with E-state index < -0.39 is 0 Å². The van der Waals surface area contributed by atoms with Gasteiger partial charge in [0.1, 0.15) is 10.2 Å². The van der Waals surface area contributed by atoms with Gasteiger partial charge in [0.15, 0.2) is 5.82 Å². The van der Waals surface area contributed by atoms with Crippen LogP contribution in [0.25, 0.3) is 11.5 Å². The lowest BCUT2D eigenvalue weighted by Crippen LogP contribution is -2.14. The fraction of sp³-hybridized carbons (Fsp3) is 0.300. The molecule has 0 unspecified atom stereocenters. The van der Waals surface area contributed by atoms with Gasteiger partial charge in [0.25, 0.3) is 5.56 Å². The standard InChI is InChI=1S/C10H11BrN4O/c1-3-6-8(11)10(16)14-9(13-6)7-4-5-12-15(7)2/h4-5H,3H2,1-2H3,(H,13,14,16). The second-order valence-corrected chi connectivity index (χ2v) is 4.16. The maximum absolute atomic E-state index is 11.7. The topological polar surface area (TPSA) is 63.6 Å². The quantitative estimate of drug-likeness (QED) is 0.908. The van der Waals surface area contributed by atoms with Crippen molar-refractivity contribution in [1.29, 1.82) is 0 Å². The largest absolute Gasteiger partial charge is 0.304 e. The van der Waals surface area contributed by atoms with Crippen LogP contribution < -0.4 is 5.56 Å². The van der Waals surface area contributed by atoms with Gasteiger partial charge < -0.3 is 4.98 Å². The van der Waals surface area contributed by atoms with Crippen molar-refractivity contribution in [2.75, 3.05) is 0 Å². The molecule has 0 atom stereocenters. The summed E-state index contributed by atoms with van der Waals surface area (Å²) in [5.74, 6) is 0.546. The second-order valence-electron chi connectivity index (χ2n) is 3.37. The Labute approximate surface area is 101 Å². The van der Waals surface area contributed by atoms with Gasteiger partial charge in [0.05, 0.1) is 5.69 Å². The maximum Gasteiger partial charge on any atom is 0.265 e. The first-order valence-corrected chi connectivity index (χ1v) is 5.70. The van der Waals surface area contributed by atoms with Crippen molar-refractivity contribution in [3.05, 3.63) is 32.8 Å². The zero-order chi connectivity index (χ0) is 11.7. The lowest BCUT2D eigenvalue weighted by Gasteiger charge is -2.04. The van der Waals surface area contributed by atoms with Gasteiger partial charge in [0, 0.05) is 13.2 Å². The number of hydrogen-bond acceptors (Lipinski definition) is 3. The summed E-state index contributed by atoms with van der Waals surface area (Å²) < 4.78 is 2.17. The molecule has 2 aromatic heterocycles. The normalized spacial score (nSPS) is 10.7. The number of rotatable bonds is 2. The van der Waals surface area contributed by atoms with E-state index >= 15 is 0 Å². The molecule has 0 aromatic carbocycles. The summed E-state index contributed by atoms with van der Waals surface area (Å²) in [5, 5.41) is 4.04. The van der Waals surface area contributed by atoms with Crippen molar-refractivity contribution >= 4 is 15.9 Å². The maximum atomic E-state index is 11.7. The van der Waals surface area contributed by atoms with E-state index in [-0.39, 0.29) is 5.56 Å². The highest BCUT2D eigenvalue weighted by Gasteiger charge is 2.10. The van der Waals surface area contributed by atoms with Gasteiger partial charge in [0.2, 0.25) is 0 Å². The second kappa shape index (κ2) is 4.21. The van der Waals surface area contributed by atoms with E-state index in [0.717, 1.165) is 11.4 Å². The van der Waals surface area contributed by atoms with Crippen molar-refractivity contribution in [2.24, 2.45) is 7.05 Å². The van der Waals surface area contributed by atoms with Crippen LogP contribution in [0, 0.1) is 0 Å². The van der Waals surface area contributed by atoms with E-state index in [0.29, 0.717) is 16.7 Å². The molecule has 6 heteroatoms. The first-order valence-electron chi connectivity index (χ1n) is 4.90. The molecular weight excluding hydrogens is 272 g/mol. The van der Waals surface area contributed by atoms with Crippen LogP contribution >= 0.6 is 15.9 Å². The zero-order valence-corrected chi connectivity index (χ0v) is 10.6. The van der Waals surface area contributed by atoms with E-state index in [4.69, 9.17) is 0 Å². The van der Waals surface area contributed by atoms with Crippen molar-refractivity contribution in [3.63, 3.8) is 0 Å². The van der Waals surface area contributed by atoms with Crippen LogP contribution in [-0.2, 0) is 13.5 Å². The highest BCUT2D eigenvalue weighted by atomic mass is 79.9. The lowest BCUT2D eigenvalue weighted by atomic mass is 10.3. The molecule has 1 N–H and O–H groups in total. The molecule has 0 saturated heterocycles. The van der Waals surface area contributed by atoms with Gasteiger partial charge in [-0.05, 0) is 28.4 Å². The van der Waals surface area contributed by atoms with Gasteiger partial charge in [-0.15, -0.1) is 0 Å². The number of hydrogen-bond donors (Lipinski definition) is 1. The lowest BCUT2D eigenvalue weighted by molar-refractivity contribution is 0.767. The van der Waals surface area contributed by atoms with E-state index in [2.05, 4.69) is 31.0 Å². The SMILES string of the molecule is CCc1nc(-c2ccnn2C)[nH]c(=O)c1Br. The van der Waals surface area contributed by atoms with Crippen LogP contribution in [0.2, 0.25) is 0 Å². The Balaban J connectivity index is 2.64. The third-order valence-electron chi connectivity index (χ3n) is 2.33. The molecule has 0 radical (unpaired) electrons. The zero-order valence-electron chi connectivity index (χ0n) is 8.99. The van der Waals surface area contributed by atoms with E-state index in [1.807, 2.05) is 20.0 Å². The molecule has 16 heavy (non-hydrogen) atoms. The monoisotopic (exact) mass is 282 g/mol. The molecule has 0 bridgehead atoms. The Hall–Kier alpha value is -1.43. The van der Waals surface area contributed by atoms with Crippen LogP contribution in [0.5, 0.6) is 0 Å². The minimum Gasteiger partial charge on any atom is -0.304 e. The highest BCUT2D eigenvalue weighted by molar-refractivity contribution is 9.10. The van der Waals surface area contributed by atoms with Crippen LogP contribution in [0.1, 0.15) is 12.6 Å². The highest BCUT2D eigenvalue weighted by Crippen LogP contribution is 2.16. The van der Waals surface area contributed by atoms with Crippen LogP contribution in [-0.4, -0.2) is 19.7 Å². The summed E-state index contributed by atoms with van der Waals surface area (Å²) >= 11 is 3.23. The molecule has 2 aromatic rings. The summed E-state index contributed by atoms with van der Waals surface area (Å²) in [7, 11) is 1.81. The predicted octanol–water partition coefficient (Wildman–Crippen LogP) is 1.50. The molecule has 0 fully saturated rings. The summed E-state index contributed by atoms with van der Waals surface area (Å²) in [6.45, 7) is 1.96. The molecular formula is C10H11BrN4O. The van der Waals surface area contributed by atoms with E-state index in [1.54, 1.807) is 10.9 Å². The third kappa shape index (κ3) is 1.80. The average Bonchev–Trinajstić information content (AvgIpc) is 2.68. The first kappa shape index (κ1) is 11.1. The molecule has 2 rings (SSSR count). The van der Waals surface area contributed by atoms with Gasteiger partial charge in [-0.1, -0.05) is 6.92 Å². The number of H-pyrrole nitrogens is 1. The van der Waals surface area contributed by atoms with Gasteiger partial charge >= 0.3 is 0 Å². The average molecular weight is 283 g/mol. The van der Waals surface area contributed by atoms with E-state index in [1.165, 1.54) is 0 Å². The van der Waals surface area contributed by atoms with Crippen molar-refractivity contribution in [3.8, 4) is 11.5 Å². The fourth-order valence-electron chi connectivity index (χ4n) is 1.47. The molecule has 0 aliphatic rings. The Kier molecular flexibility index (Phi) is 2.91. The summed E-state index contributed by atoms with van der Waals surface area (Å²) in [6.07, 6.45) is 2.37. The minimum atomic E-state index is -0.164. The Bertz CT molecular complexity index is 572. The molecule has 2 heterocycles. The first-order chi connectivity index (χ1) is 7.63. The summed E-state index contributed by atoms with van der Waals surface area (Å²) in [4.78, 5) is 18.8. The molecule has 0 amide bonds. The van der Waals surface area contributed by atoms with Gasteiger partial charge in [-0.3, -0.25) is 9.48 Å². The van der Waals surface area contributed by atoms with Crippen LogP contribution in [0.3, 0.4) is 0 Å². The molecule has 5 nitrogen and oxygen atoms in total. The van der Waals surface area contributed by atoms with E-state index in [9.17, 15) is 4.79 Å². The predicted molar refractivity (Wildman–Crippen MR) is 64.1 cm³/mol. The molecule has 84 valence electrons. The van der Waals surface area contributed by atoms with Gasteiger partial charge in [-0.2, -0.15) is 5.10 Å². The number of nitrogens with one attached hydrogen (secondary N) is 1. The van der Waals surface area contributed by atoms with Crippen molar-refractivity contribution in [2.45, 2.75) is 13.3 Å². The summed E-state index contributed by atoms with van der Waals surface area (Å²) in [6, 6.07) is 1.81. The van der Waals surface area contributed by atoms with Crippen molar-refractivity contribution in [1.82, 2.24) is 19.7 Å². The number of nitrogens with zero attached hydrogens (tertiary/aromatic N) is 3. The third-order valence-corrected chi connectivity index (χ3v) is 3.15.